The number of aliphatic hydroxyl groups is 1. The maximum absolute atomic E-state index is 9.20. The van der Waals surface area contributed by atoms with Crippen LogP contribution in [0.25, 0.3) is 0 Å². The van der Waals surface area contributed by atoms with Gasteiger partial charge in [0.15, 0.2) is 0 Å². The molecule has 0 amide bonds. The minimum absolute atomic E-state index is 0.208. The van der Waals surface area contributed by atoms with E-state index in [2.05, 4.69) is 18.0 Å². The fraction of sp³-hybridized carbons (Fsp3) is 0.833. The largest absolute Gasteiger partial charge is 0.392 e. The molecule has 0 aromatic carbocycles. The van der Waals surface area contributed by atoms with Gasteiger partial charge in [-0.1, -0.05) is 11.6 Å². The number of nitrogens with zero attached hydrogens (tertiary/aromatic N) is 1. The van der Waals surface area contributed by atoms with E-state index in [0.29, 0.717) is 0 Å². The Hall–Kier alpha value is -0.340. The molecule has 2 nitrogen and oxygen atoms in total. The summed E-state index contributed by atoms with van der Waals surface area (Å²) in [5.41, 5.74) is 1.62. The number of rotatable bonds is 5. The van der Waals surface area contributed by atoms with Crippen LogP contribution in [-0.2, 0) is 0 Å². The van der Waals surface area contributed by atoms with Gasteiger partial charge in [0, 0.05) is 13.1 Å². The molecule has 0 bridgehead atoms. The standard InChI is InChI=1S/C12H23NO/c1-11(14)10-13(2)9-8-12-6-4-3-5-7-12/h6,11,14H,3-5,7-10H2,1-2H3. The van der Waals surface area contributed by atoms with Crippen molar-refractivity contribution in [1.82, 2.24) is 4.90 Å². The predicted octanol–water partition coefficient (Wildman–Crippen LogP) is 2.19. The SMILES string of the molecule is CC(O)CN(C)CCC1=CCCCC1. The lowest BCUT2D eigenvalue weighted by Gasteiger charge is -2.20. The molecule has 1 N–H and O–H groups in total. The third kappa shape index (κ3) is 4.77. The Balaban J connectivity index is 2.15. The molecule has 0 aromatic rings. The highest BCUT2D eigenvalue weighted by molar-refractivity contribution is 5.05. The van der Waals surface area contributed by atoms with Crippen LogP contribution in [0.3, 0.4) is 0 Å². The second kappa shape index (κ2) is 6.20. The van der Waals surface area contributed by atoms with E-state index in [1.165, 1.54) is 32.1 Å². The zero-order valence-corrected chi connectivity index (χ0v) is 9.50. The summed E-state index contributed by atoms with van der Waals surface area (Å²) in [5, 5.41) is 9.20. The molecule has 0 spiro atoms. The number of allylic oxidation sites excluding steroid dienone is 1. The molecular weight excluding hydrogens is 174 g/mol. The summed E-state index contributed by atoms with van der Waals surface area (Å²) in [5.74, 6) is 0. The van der Waals surface area contributed by atoms with Crippen LogP contribution in [0.2, 0.25) is 0 Å². The van der Waals surface area contributed by atoms with E-state index in [0.717, 1.165) is 13.1 Å². The van der Waals surface area contributed by atoms with Gasteiger partial charge in [0.25, 0.3) is 0 Å². The Morgan fingerprint density at radius 1 is 1.50 bits per heavy atom. The third-order valence-corrected chi connectivity index (χ3v) is 2.78. The molecular formula is C12H23NO. The van der Waals surface area contributed by atoms with Gasteiger partial charge in [-0.3, -0.25) is 0 Å². The van der Waals surface area contributed by atoms with Crippen molar-refractivity contribution in [1.29, 1.82) is 0 Å². The average Bonchev–Trinajstić information content (AvgIpc) is 2.15. The van der Waals surface area contributed by atoms with Crippen molar-refractivity contribution in [3.05, 3.63) is 11.6 Å². The Bertz CT molecular complexity index is 187. The minimum atomic E-state index is -0.208. The molecule has 0 heterocycles. The third-order valence-electron chi connectivity index (χ3n) is 2.78. The van der Waals surface area contributed by atoms with Crippen LogP contribution in [-0.4, -0.2) is 36.2 Å². The van der Waals surface area contributed by atoms with Crippen molar-refractivity contribution >= 4 is 0 Å². The van der Waals surface area contributed by atoms with E-state index in [4.69, 9.17) is 0 Å². The van der Waals surface area contributed by atoms with Crippen LogP contribution >= 0.6 is 0 Å². The van der Waals surface area contributed by atoms with Crippen molar-refractivity contribution < 1.29 is 5.11 Å². The zero-order chi connectivity index (χ0) is 10.4. The van der Waals surface area contributed by atoms with E-state index in [1.54, 1.807) is 5.57 Å². The molecule has 1 rings (SSSR count). The topological polar surface area (TPSA) is 23.5 Å². The van der Waals surface area contributed by atoms with Crippen LogP contribution in [0.1, 0.15) is 39.0 Å². The summed E-state index contributed by atoms with van der Waals surface area (Å²) in [6.07, 6.45) is 8.68. The lowest BCUT2D eigenvalue weighted by Crippen LogP contribution is -2.28. The normalized spacial score (nSPS) is 19.6. The van der Waals surface area contributed by atoms with Crippen LogP contribution in [0.4, 0.5) is 0 Å². The number of likely N-dealkylation sites (N-methyl/N-ethyl adjacent to an activating group) is 1. The number of hydrogen-bond donors (Lipinski definition) is 1. The van der Waals surface area contributed by atoms with Gasteiger partial charge in [-0.2, -0.15) is 0 Å². The predicted molar refractivity (Wildman–Crippen MR) is 60.3 cm³/mol. The van der Waals surface area contributed by atoms with Gasteiger partial charge in [0.2, 0.25) is 0 Å². The summed E-state index contributed by atoms with van der Waals surface area (Å²) in [6.45, 7) is 3.71. The van der Waals surface area contributed by atoms with E-state index >= 15 is 0 Å². The van der Waals surface area contributed by atoms with E-state index in [9.17, 15) is 5.11 Å². The zero-order valence-electron chi connectivity index (χ0n) is 9.50. The van der Waals surface area contributed by atoms with Gasteiger partial charge in [0.1, 0.15) is 0 Å². The van der Waals surface area contributed by atoms with Crippen molar-refractivity contribution in [2.75, 3.05) is 20.1 Å². The molecule has 1 aliphatic rings. The van der Waals surface area contributed by atoms with E-state index in [1.807, 2.05) is 6.92 Å². The lowest BCUT2D eigenvalue weighted by molar-refractivity contribution is 0.142. The smallest absolute Gasteiger partial charge is 0.0638 e. The molecule has 14 heavy (non-hydrogen) atoms. The van der Waals surface area contributed by atoms with Crippen molar-refractivity contribution in [2.45, 2.75) is 45.1 Å². The first kappa shape index (κ1) is 11.7. The maximum Gasteiger partial charge on any atom is 0.0638 e. The first-order valence-corrected chi connectivity index (χ1v) is 5.73. The van der Waals surface area contributed by atoms with Gasteiger partial charge < -0.3 is 10.0 Å². The van der Waals surface area contributed by atoms with Gasteiger partial charge in [-0.15, -0.1) is 0 Å². The highest BCUT2D eigenvalue weighted by Gasteiger charge is 2.06. The molecule has 0 fully saturated rings. The highest BCUT2D eigenvalue weighted by Crippen LogP contribution is 2.19. The molecule has 1 atom stereocenters. The molecule has 1 aliphatic carbocycles. The Morgan fingerprint density at radius 3 is 2.86 bits per heavy atom. The number of hydrogen-bond acceptors (Lipinski definition) is 2. The lowest BCUT2D eigenvalue weighted by atomic mass is 9.97. The van der Waals surface area contributed by atoms with Gasteiger partial charge in [-0.05, 0) is 46.1 Å². The van der Waals surface area contributed by atoms with Crippen LogP contribution in [0.5, 0.6) is 0 Å². The van der Waals surface area contributed by atoms with E-state index in [-0.39, 0.29) is 6.10 Å². The summed E-state index contributed by atoms with van der Waals surface area (Å²) >= 11 is 0. The van der Waals surface area contributed by atoms with E-state index < -0.39 is 0 Å². The quantitative estimate of drug-likeness (QED) is 0.683. The average molecular weight is 197 g/mol. The highest BCUT2D eigenvalue weighted by atomic mass is 16.3. The molecule has 1 unspecified atom stereocenters. The monoisotopic (exact) mass is 197 g/mol. The van der Waals surface area contributed by atoms with Crippen LogP contribution in [0.15, 0.2) is 11.6 Å². The fourth-order valence-electron chi connectivity index (χ4n) is 2.01. The Labute approximate surface area is 87.6 Å². The summed E-state index contributed by atoms with van der Waals surface area (Å²) < 4.78 is 0. The van der Waals surface area contributed by atoms with Crippen LogP contribution in [0, 0.1) is 0 Å². The summed E-state index contributed by atoms with van der Waals surface area (Å²) in [7, 11) is 2.08. The van der Waals surface area contributed by atoms with Crippen molar-refractivity contribution in [3.8, 4) is 0 Å². The molecule has 82 valence electrons. The molecule has 0 saturated carbocycles. The molecule has 0 radical (unpaired) electrons. The second-order valence-corrected chi connectivity index (χ2v) is 4.47. The summed E-state index contributed by atoms with van der Waals surface area (Å²) in [4.78, 5) is 2.21. The first-order valence-electron chi connectivity index (χ1n) is 5.73. The van der Waals surface area contributed by atoms with Crippen molar-refractivity contribution in [3.63, 3.8) is 0 Å². The van der Waals surface area contributed by atoms with Gasteiger partial charge in [0.05, 0.1) is 6.10 Å². The Morgan fingerprint density at radius 2 is 2.29 bits per heavy atom. The number of aliphatic hydroxyl groups excluding tert-OH is 1. The Kier molecular flexibility index (Phi) is 5.20. The summed E-state index contributed by atoms with van der Waals surface area (Å²) in [6, 6.07) is 0. The van der Waals surface area contributed by atoms with Gasteiger partial charge >= 0.3 is 0 Å². The van der Waals surface area contributed by atoms with Crippen LogP contribution < -0.4 is 0 Å². The molecule has 0 aliphatic heterocycles. The maximum atomic E-state index is 9.20. The van der Waals surface area contributed by atoms with Gasteiger partial charge in [-0.25, -0.2) is 0 Å². The first-order chi connectivity index (χ1) is 6.68. The molecule has 0 aromatic heterocycles. The second-order valence-electron chi connectivity index (χ2n) is 4.47. The molecule has 2 heteroatoms. The van der Waals surface area contributed by atoms with Crippen molar-refractivity contribution in [2.24, 2.45) is 0 Å². The fourth-order valence-corrected chi connectivity index (χ4v) is 2.01. The molecule has 0 saturated heterocycles. The minimum Gasteiger partial charge on any atom is -0.392 e.